The second-order valence-corrected chi connectivity index (χ2v) is 8.38. The van der Waals surface area contributed by atoms with Crippen LogP contribution in [0, 0.1) is 11.3 Å². The fraction of sp³-hybridized carbons (Fsp3) is 0.179. The molecule has 0 aliphatic rings. The maximum Gasteiger partial charge on any atom is 0.338 e. The second-order valence-electron chi connectivity index (χ2n) is 7.56. The Hall–Kier alpha value is -3.99. The van der Waals surface area contributed by atoms with Crippen LogP contribution in [0.3, 0.4) is 0 Å². The molecule has 0 saturated carbocycles. The monoisotopic (exact) mass is 538 g/mol. The number of rotatable bonds is 10. The van der Waals surface area contributed by atoms with Crippen LogP contribution in [0.4, 0.5) is 5.69 Å². The molecule has 0 atom stereocenters. The van der Waals surface area contributed by atoms with Gasteiger partial charge < -0.3 is 19.5 Å². The predicted octanol–water partition coefficient (Wildman–Crippen LogP) is 6.69. The molecule has 7 nitrogen and oxygen atoms in total. The van der Waals surface area contributed by atoms with Crippen LogP contribution in [0.2, 0.25) is 10.0 Å². The van der Waals surface area contributed by atoms with E-state index in [1.165, 1.54) is 18.2 Å². The third kappa shape index (κ3) is 7.50. The number of nitriles is 1. The fourth-order valence-electron chi connectivity index (χ4n) is 3.26. The highest BCUT2D eigenvalue weighted by molar-refractivity contribution is 6.32. The number of benzene rings is 3. The van der Waals surface area contributed by atoms with Crippen molar-refractivity contribution in [2.24, 2.45) is 0 Å². The van der Waals surface area contributed by atoms with Crippen LogP contribution in [0.15, 0.2) is 66.2 Å². The van der Waals surface area contributed by atoms with Gasteiger partial charge in [0.05, 0.1) is 23.8 Å². The molecule has 37 heavy (non-hydrogen) atoms. The number of esters is 1. The molecule has 0 fully saturated rings. The van der Waals surface area contributed by atoms with Gasteiger partial charge in [-0.25, -0.2) is 4.79 Å². The molecule has 0 radical (unpaired) electrons. The molecule has 0 heterocycles. The van der Waals surface area contributed by atoms with E-state index >= 15 is 0 Å². The SMILES string of the molecule is CCOC(=O)c1ccc(NC(=O)/C(C#N)=C/c2cc(Cl)c(OCc3ccccc3Cl)c(OCC)c2)cc1. The summed E-state index contributed by atoms with van der Waals surface area (Å²) in [6.07, 6.45) is 1.40. The van der Waals surface area contributed by atoms with Crippen molar-refractivity contribution in [1.82, 2.24) is 0 Å². The molecule has 3 aromatic rings. The zero-order valence-electron chi connectivity index (χ0n) is 20.2. The van der Waals surface area contributed by atoms with Crippen molar-refractivity contribution in [2.45, 2.75) is 20.5 Å². The predicted molar refractivity (Wildman–Crippen MR) is 143 cm³/mol. The van der Waals surface area contributed by atoms with Gasteiger partial charge in [0.15, 0.2) is 11.5 Å². The number of carbonyl (C=O) groups is 2. The molecule has 0 spiro atoms. The van der Waals surface area contributed by atoms with Crippen molar-refractivity contribution in [3.8, 4) is 17.6 Å². The van der Waals surface area contributed by atoms with E-state index in [0.29, 0.717) is 39.9 Å². The molecule has 3 aromatic carbocycles. The van der Waals surface area contributed by atoms with Crippen LogP contribution in [0.25, 0.3) is 6.08 Å². The number of hydrogen-bond acceptors (Lipinski definition) is 6. The smallest absolute Gasteiger partial charge is 0.338 e. The molecule has 0 aromatic heterocycles. The lowest BCUT2D eigenvalue weighted by Crippen LogP contribution is -2.13. The summed E-state index contributed by atoms with van der Waals surface area (Å²) < 4.78 is 16.6. The molecular formula is C28H24Cl2N2O5. The van der Waals surface area contributed by atoms with Gasteiger partial charge in [0, 0.05) is 16.3 Å². The van der Waals surface area contributed by atoms with E-state index in [0.717, 1.165) is 5.56 Å². The zero-order valence-corrected chi connectivity index (χ0v) is 21.7. The summed E-state index contributed by atoms with van der Waals surface area (Å²) >= 11 is 12.7. The average molecular weight is 539 g/mol. The largest absolute Gasteiger partial charge is 0.490 e. The van der Waals surface area contributed by atoms with Gasteiger partial charge in [-0.2, -0.15) is 5.26 Å². The van der Waals surface area contributed by atoms with Gasteiger partial charge in [-0.15, -0.1) is 0 Å². The maximum atomic E-state index is 12.7. The Morgan fingerprint density at radius 2 is 1.70 bits per heavy atom. The highest BCUT2D eigenvalue weighted by atomic mass is 35.5. The zero-order chi connectivity index (χ0) is 26.8. The lowest BCUT2D eigenvalue weighted by molar-refractivity contribution is -0.112. The van der Waals surface area contributed by atoms with Crippen LogP contribution >= 0.6 is 23.2 Å². The van der Waals surface area contributed by atoms with Crippen LogP contribution in [0.1, 0.15) is 35.3 Å². The Morgan fingerprint density at radius 1 is 0.973 bits per heavy atom. The lowest BCUT2D eigenvalue weighted by atomic mass is 10.1. The van der Waals surface area contributed by atoms with Crippen LogP contribution in [-0.2, 0) is 16.1 Å². The van der Waals surface area contributed by atoms with E-state index < -0.39 is 11.9 Å². The van der Waals surface area contributed by atoms with E-state index in [1.807, 2.05) is 31.2 Å². The van der Waals surface area contributed by atoms with Crippen LogP contribution < -0.4 is 14.8 Å². The van der Waals surface area contributed by atoms with Gasteiger partial charge in [0.1, 0.15) is 18.2 Å². The van der Waals surface area contributed by atoms with Crippen LogP contribution in [-0.4, -0.2) is 25.1 Å². The van der Waals surface area contributed by atoms with Gasteiger partial charge in [0.25, 0.3) is 5.91 Å². The van der Waals surface area contributed by atoms with Crippen molar-refractivity contribution >= 4 is 46.8 Å². The lowest BCUT2D eigenvalue weighted by Gasteiger charge is -2.15. The number of ether oxygens (including phenoxy) is 3. The molecule has 190 valence electrons. The fourth-order valence-corrected chi connectivity index (χ4v) is 3.72. The number of nitrogens with zero attached hydrogens (tertiary/aromatic N) is 1. The molecule has 1 N–H and O–H groups in total. The summed E-state index contributed by atoms with van der Waals surface area (Å²) in [5.74, 6) is -0.399. The summed E-state index contributed by atoms with van der Waals surface area (Å²) in [5.41, 5.74) is 1.87. The molecule has 9 heteroatoms. The summed E-state index contributed by atoms with van der Waals surface area (Å²) in [7, 11) is 0. The maximum absolute atomic E-state index is 12.7. The quantitative estimate of drug-likeness (QED) is 0.175. The van der Waals surface area contributed by atoms with Crippen molar-refractivity contribution in [1.29, 1.82) is 5.26 Å². The molecule has 3 rings (SSSR count). The van der Waals surface area contributed by atoms with E-state index in [-0.39, 0.29) is 23.8 Å². The Kier molecular flexibility index (Phi) is 9.96. The molecule has 0 saturated heterocycles. The standard InChI is InChI=1S/C28H24Cl2N2O5/c1-3-35-25-15-18(14-24(30)26(25)37-17-20-7-5-6-8-23(20)29)13-21(16-31)27(33)32-22-11-9-19(10-12-22)28(34)36-4-2/h5-15H,3-4,17H2,1-2H3,(H,32,33)/b21-13+. The number of hydrogen-bond donors (Lipinski definition) is 1. The van der Waals surface area contributed by atoms with Gasteiger partial charge >= 0.3 is 5.97 Å². The summed E-state index contributed by atoms with van der Waals surface area (Å²) in [6.45, 7) is 4.32. The summed E-state index contributed by atoms with van der Waals surface area (Å²) in [6, 6.07) is 18.6. The van der Waals surface area contributed by atoms with E-state index in [4.69, 9.17) is 37.4 Å². The molecule has 0 aliphatic carbocycles. The molecule has 0 unspecified atom stereocenters. The number of anilines is 1. The molecule has 1 amide bonds. The van der Waals surface area contributed by atoms with E-state index in [1.54, 1.807) is 37.3 Å². The number of nitrogens with one attached hydrogen (secondary N) is 1. The molecule has 0 bridgehead atoms. The number of carbonyl (C=O) groups excluding carboxylic acids is 2. The van der Waals surface area contributed by atoms with Gasteiger partial charge in [-0.1, -0.05) is 41.4 Å². The number of amides is 1. The van der Waals surface area contributed by atoms with Gasteiger partial charge in [-0.3, -0.25) is 4.79 Å². The first-order valence-corrected chi connectivity index (χ1v) is 12.1. The normalized spacial score (nSPS) is 10.8. The average Bonchev–Trinajstić information content (AvgIpc) is 2.88. The Labute approximate surface area is 225 Å². The van der Waals surface area contributed by atoms with Crippen molar-refractivity contribution in [3.05, 3.63) is 93.0 Å². The topological polar surface area (TPSA) is 97.7 Å². The van der Waals surface area contributed by atoms with Crippen molar-refractivity contribution in [3.63, 3.8) is 0 Å². The Bertz CT molecular complexity index is 1350. The Morgan fingerprint density at radius 3 is 2.35 bits per heavy atom. The van der Waals surface area contributed by atoms with Gasteiger partial charge in [-0.05, 0) is 68.0 Å². The summed E-state index contributed by atoms with van der Waals surface area (Å²) in [5, 5.41) is 13.1. The second kappa shape index (κ2) is 13.4. The van der Waals surface area contributed by atoms with E-state index in [2.05, 4.69) is 5.32 Å². The third-order valence-corrected chi connectivity index (χ3v) is 5.64. The molecular weight excluding hydrogens is 515 g/mol. The minimum absolute atomic E-state index is 0.155. The minimum Gasteiger partial charge on any atom is -0.490 e. The third-order valence-electron chi connectivity index (χ3n) is 4.99. The number of halogens is 2. The van der Waals surface area contributed by atoms with Crippen LogP contribution in [0.5, 0.6) is 11.5 Å². The van der Waals surface area contributed by atoms with Gasteiger partial charge in [0.2, 0.25) is 0 Å². The highest BCUT2D eigenvalue weighted by Gasteiger charge is 2.16. The van der Waals surface area contributed by atoms with E-state index in [9.17, 15) is 14.9 Å². The highest BCUT2D eigenvalue weighted by Crippen LogP contribution is 2.38. The Balaban J connectivity index is 1.80. The van der Waals surface area contributed by atoms with Crippen molar-refractivity contribution < 1.29 is 23.8 Å². The first kappa shape index (κ1) is 27.6. The van der Waals surface area contributed by atoms with Crippen molar-refractivity contribution in [2.75, 3.05) is 18.5 Å². The first-order chi connectivity index (χ1) is 17.9. The minimum atomic E-state index is -0.625. The first-order valence-electron chi connectivity index (χ1n) is 11.4. The summed E-state index contributed by atoms with van der Waals surface area (Å²) in [4.78, 5) is 24.5. The molecule has 0 aliphatic heterocycles.